The van der Waals surface area contributed by atoms with E-state index >= 15 is 0 Å². The van der Waals surface area contributed by atoms with Crippen LogP contribution in [0.25, 0.3) is 10.9 Å². The Balaban J connectivity index is 1.81. The molecule has 3 aromatic carbocycles. The molecule has 2 atom stereocenters. The van der Waals surface area contributed by atoms with Crippen molar-refractivity contribution in [1.29, 1.82) is 0 Å². The number of hydrogen-bond acceptors (Lipinski definition) is 4. The largest absolute Gasteiger partial charge is 0.496 e. The third-order valence-electron chi connectivity index (χ3n) is 5.90. The lowest BCUT2D eigenvalue weighted by atomic mass is 10.0. The van der Waals surface area contributed by atoms with Crippen molar-refractivity contribution < 1.29 is 22.7 Å². The van der Waals surface area contributed by atoms with Crippen LogP contribution in [0.2, 0.25) is 0 Å². The van der Waals surface area contributed by atoms with Crippen LogP contribution in [0, 0.1) is 17.5 Å². The molecule has 1 aromatic heterocycles. The molecule has 0 saturated heterocycles. The van der Waals surface area contributed by atoms with Crippen molar-refractivity contribution in [2.75, 3.05) is 7.11 Å². The number of fused-ring (bicyclic) bond motifs is 1. The lowest BCUT2D eigenvalue weighted by molar-refractivity contribution is -0.125. The van der Waals surface area contributed by atoms with Crippen LogP contribution < -0.4 is 21.3 Å². The van der Waals surface area contributed by atoms with E-state index in [9.17, 15) is 27.6 Å². The van der Waals surface area contributed by atoms with Gasteiger partial charge < -0.3 is 15.0 Å². The maximum Gasteiger partial charge on any atom is 0.329 e. The Kier molecular flexibility index (Phi) is 6.96. The van der Waals surface area contributed by atoms with Crippen LogP contribution in [0.3, 0.4) is 0 Å². The number of aromatic amines is 1. The predicted molar refractivity (Wildman–Crippen MR) is 127 cm³/mol. The van der Waals surface area contributed by atoms with E-state index in [2.05, 4.69) is 10.3 Å². The van der Waals surface area contributed by atoms with Gasteiger partial charge in [0, 0.05) is 18.1 Å². The van der Waals surface area contributed by atoms with Gasteiger partial charge >= 0.3 is 5.69 Å². The Morgan fingerprint density at radius 3 is 2.44 bits per heavy atom. The topological polar surface area (TPSA) is 93.2 Å². The first kappa shape index (κ1) is 24.8. The molecule has 36 heavy (non-hydrogen) atoms. The molecule has 4 rings (SSSR count). The van der Waals surface area contributed by atoms with Crippen molar-refractivity contribution >= 4 is 16.8 Å². The second-order valence-corrected chi connectivity index (χ2v) is 8.22. The SMILES string of the molecule is COc1ccccc1C[C@@H](C(=O)N[C@H](C)c1ccc(F)cc1F)n1c(=O)[nH]c2ccc(F)cc2c1=O. The van der Waals surface area contributed by atoms with Gasteiger partial charge in [-0.05, 0) is 42.8 Å². The molecule has 186 valence electrons. The minimum Gasteiger partial charge on any atom is -0.496 e. The average Bonchev–Trinajstić information content (AvgIpc) is 2.84. The zero-order chi connectivity index (χ0) is 26.0. The van der Waals surface area contributed by atoms with Crippen LogP contribution in [-0.4, -0.2) is 22.6 Å². The summed E-state index contributed by atoms with van der Waals surface area (Å²) < 4.78 is 47.6. The molecular weight excluding hydrogens is 475 g/mol. The number of halogens is 3. The Bertz CT molecular complexity index is 1560. The van der Waals surface area contributed by atoms with Crippen LogP contribution >= 0.6 is 0 Å². The van der Waals surface area contributed by atoms with Gasteiger partial charge in [-0.2, -0.15) is 0 Å². The zero-order valence-corrected chi connectivity index (χ0v) is 19.3. The van der Waals surface area contributed by atoms with E-state index in [4.69, 9.17) is 4.74 Å². The summed E-state index contributed by atoms with van der Waals surface area (Å²) in [7, 11) is 1.44. The number of methoxy groups -OCH3 is 1. The van der Waals surface area contributed by atoms with Gasteiger partial charge in [-0.1, -0.05) is 24.3 Å². The summed E-state index contributed by atoms with van der Waals surface area (Å²) in [6.45, 7) is 1.48. The molecule has 0 bridgehead atoms. The summed E-state index contributed by atoms with van der Waals surface area (Å²) >= 11 is 0. The second-order valence-electron chi connectivity index (χ2n) is 8.22. The number of aromatic nitrogens is 2. The molecular formula is C26H22F3N3O4. The molecule has 4 aromatic rings. The quantitative estimate of drug-likeness (QED) is 0.407. The number of benzene rings is 3. The number of hydrogen-bond donors (Lipinski definition) is 2. The summed E-state index contributed by atoms with van der Waals surface area (Å²) in [5.41, 5.74) is -1.10. The van der Waals surface area contributed by atoms with E-state index < -0.39 is 46.7 Å². The van der Waals surface area contributed by atoms with Gasteiger partial charge in [0.1, 0.15) is 29.2 Å². The number of rotatable bonds is 7. The first-order chi connectivity index (χ1) is 17.2. The van der Waals surface area contributed by atoms with E-state index in [0.717, 1.165) is 18.2 Å². The van der Waals surface area contributed by atoms with Crippen molar-refractivity contribution in [3.05, 3.63) is 110 Å². The lowest BCUT2D eigenvalue weighted by Crippen LogP contribution is -2.46. The van der Waals surface area contributed by atoms with Gasteiger partial charge in [0.15, 0.2) is 0 Å². The van der Waals surface area contributed by atoms with E-state index in [0.29, 0.717) is 21.9 Å². The number of nitrogens with one attached hydrogen (secondary N) is 2. The van der Waals surface area contributed by atoms with Crippen LogP contribution in [0.1, 0.15) is 30.1 Å². The molecule has 1 amide bonds. The van der Waals surface area contributed by atoms with Gasteiger partial charge in [0.05, 0.1) is 24.1 Å². The van der Waals surface area contributed by atoms with Crippen LogP contribution in [-0.2, 0) is 11.2 Å². The zero-order valence-electron chi connectivity index (χ0n) is 19.3. The van der Waals surface area contributed by atoms with Crippen molar-refractivity contribution in [3.63, 3.8) is 0 Å². The maximum atomic E-state index is 14.3. The van der Waals surface area contributed by atoms with Crippen LogP contribution in [0.4, 0.5) is 13.2 Å². The molecule has 0 spiro atoms. The Labute approximate surface area is 203 Å². The number of amides is 1. The van der Waals surface area contributed by atoms with Crippen molar-refractivity contribution in [1.82, 2.24) is 14.9 Å². The molecule has 0 aliphatic heterocycles. The molecule has 0 radical (unpaired) electrons. The molecule has 7 nitrogen and oxygen atoms in total. The highest BCUT2D eigenvalue weighted by atomic mass is 19.1. The number of ether oxygens (including phenoxy) is 1. The van der Waals surface area contributed by atoms with Crippen LogP contribution in [0.5, 0.6) is 5.75 Å². The lowest BCUT2D eigenvalue weighted by Gasteiger charge is -2.23. The highest BCUT2D eigenvalue weighted by Crippen LogP contribution is 2.24. The maximum absolute atomic E-state index is 14.3. The fraction of sp³-hybridized carbons (Fsp3) is 0.192. The second kappa shape index (κ2) is 10.1. The standard InChI is InChI=1S/C26H22F3N3O4/c1-14(18-9-7-17(28)13-20(18)29)30-24(33)22(11-15-5-3-4-6-23(15)36-2)32-25(34)19-12-16(27)8-10-21(19)31-26(32)35/h3-10,12-14,22H,11H2,1-2H3,(H,30,33)(H,31,35)/t14-,22+/m1/s1. The average molecular weight is 497 g/mol. The summed E-state index contributed by atoms with van der Waals surface area (Å²) in [4.78, 5) is 42.3. The first-order valence-electron chi connectivity index (χ1n) is 11.0. The predicted octanol–water partition coefficient (Wildman–Crippen LogP) is 3.78. The number of para-hydroxylation sites is 1. The fourth-order valence-electron chi connectivity index (χ4n) is 4.10. The summed E-state index contributed by atoms with van der Waals surface area (Å²) in [6.07, 6.45) is -0.141. The minimum atomic E-state index is -1.41. The van der Waals surface area contributed by atoms with Crippen molar-refractivity contribution in [3.8, 4) is 5.75 Å². The van der Waals surface area contributed by atoms with E-state index in [1.807, 2.05) is 0 Å². The summed E-state index contributed by atoms with van der Waals surface area (Å²) in [5, 5.41) is 2.48. The number of H-pyrrole nitrogens is 1. The Morgan fingerprint density at radius 1 is 1.03 bits per heavy atom. The van der Waals surface area contributed by atoms with Gasteiger partial charge in [-0.15, -0.1) is 0 Å². The number of carbonyl (C=O) groups excluding carboxylic acids is 1. The molecule has 0 saturated carbocycles. The van der Waals surface area contributed by atoms with E-state index in [-0.39, 0.29) is 22.9 Å². The van der Waals surface area contributed by atoms with Crippen LogP contribution in [0.15, 0.2) is 70.3 Å². The molecule has 0 unspecified atom stereocenters. The van der Waals surface area contributed by atoms with Gasteiger partial charge in [-0.25, -0.2) is 22.5 Å². The third kappa shape index (κ3) is 4.88. The number of carbonyl (C=O) groups is 1. The smallest absolute Gasteiger partial charge is 0.329 e. The van der Waals surface area contributed by atoms with E-state index in [1.165, 1.54) is 26.2 Å². The number of nitrogens with zero attached hydrogens (tertiary/aromatic N) is 1. The first-order valence-corrected chi connectivity index (χ1v) is 11.0. The molecule has 2 N–H and O–H groups in total. The summed E-state index contributed by atoms with van der Waals surface area (Å²) in [6, 6.07) is 10.7. The highest BCUT2D eigenvalue weighted by Gasteiger charge is 2.28. The third-order valence-corrected chi connectivity index (χ3v) is 5.90. The minimum absolute atomic E-state index is 0.0163. The Hall–Kier alpha value is -4.34. The van der Waals surface area contributed by atoms with Gasteiger partial charge in [0.25, 0.3) is 5.56 Å². The molecule has 0 fully saturated rings. The summed E-state index contributed by atoms with van der Waals surface area (Å²) in [5.74, 6) is -2.68. The molecule has 0 aliphatic rings. The van der Waals surface area contributed by atoms with Gasteiger partial charge in [0.2, 0.25) is 5.91 Å². The normalized spacial score (nSPS) is 12.8. The van der Waals surface area contributed by atoms with Crippen molar-refractivity contribution in [2.45, 2.75) is 25.4 Å². The monoisotopic (exact) mass is 497 g/mol. The van der Waals surface area contributed by atoms with Crippen molar-refractivity contribution in [2.24, 2.45) is 0 Å². The molecule has 1 heterocycles. The Morgan fingerprint density at radius 2 is 1.72 bits per heavy atom. The molecule has 0 aliphatic carbocycles. The fourth-order valence-corrected chi connectivity index (χ4v) is 4.10. The molecule has 10 heteroatoms. The van der Waals surface area contributed by atoms with E-state index in [1.54, 1.807) is 24.3 Å². The van der Waals surface area contributed by atoms with Gasteiger partial charge in [-0.3, -0.25) is 9.59 Å². The highest BCUT2D eigenvalue weighted by molar-refractivity contribution is 5.82.